The van der Waals surface area contributed by atoms with Crippen LogP contribution in [0.3, 0.4) is 0 Å². The standard InChI is InChI=1S/C35H38N4O3/c1-9-12-22-18(6)25-13-23-16(4)20(10-2)27(36-23)14-24-17(5)21(11-3)28(37-24)15-26-19(7)29-33(39-26)30(32(22)38-25)31(34(29)40)35(41)42-8/h10,13-15,18,22,31,36,39H,2,9,11-12H2,1,3-8H3/t18?,22-,31?/m0/s1. The van der Waals surface area contributed by atoms with Crippen molar-refractivity contribution < 1.29 is 14.3 Å². The molecule has 0 saturated carbocycles. The molecule has 5 heterocycles. The predicted molar refractivity (Wildman–Crippen MR) is 168 cm³/mol. The third-order valence-corrected chi connectivity index (χ3v) is 9.51. The molecule has 0 radical (unpaired) electrons. The Kier molecular flexibility index (Phi) is 6.79. The monoisotopic (exact) mass is 562 g/mol. The SMILES string of the molecule is C=Cc1c(C)c2cc3nc(c4c5[nH]c(cc6nc(cc1[nH]2)C(C)=C6CC)c(C)c5C(=O)C4C(=O)OC)[C@@H](CCC)C3C. The van der Waals surface area contributed by atoms with Crippen molar-refractivity contribution in [1.82, 2.24) is 19.9 Å². The average molecular weight is 563 g/mol. The van der Waals surface area contributed by atoms with Gasteiger partial charge in [-0.1, -0.05) is 39.8 Å². The number of fused-ring (bicyclic) bond motifs is 8. The fraction of sp³-hybridized carbons (Fsp3) is 0.371. The number of carbonyl (C=O) groups is 2. The van der Waals surface area contributed by atoms with Crippen LogP contribution >= 0.6 is 0 Å². The summed E-state index contributed by atoms with van der Waals surface area (Å²) in [7, 11) is 1.34. The summed E-state index contributed by atoms with van der Waals surface area (Å²) in [5.41, 5.74) is 13.3. The van der Waals surface area contributed by atoms with E-state index in [9.17, 15) is 9.59 Å². The van der Waals surface area contributed by atoms with Gasteiger partial charge in [-0.25, -0.2) is 4.98 Å². The summed E-state index contributed by atoms with van der Waals surface area (Å²) in [6.07, 6.45) is 4.54. The number of aromatic nitrogens is 4. The van der Waals surface area contributed by atoms with Crippen LogP contribution < -0.4 is 0 Å². The van der Waals surface area contributed by atoms with Gasteiger partial charge in [0.1, 0.15) is 5.92 Å². The second-order valence-corrected chi connectivity index (χ2v) is 11.7. The molecule has 8 bridgehead atoms. The van der Waals surface area contributed by atoms with Gasteiger partial charge in [0.15, 0.2) is 5.78 Å². The molecule has 2 N–H and O–H groups in total. The molecule has 2 unspecified atom stereocenters. The lowest BCUT2D eigenvalue weighted by atomic mass is 9.84. The molecule has 0 spiro atoms. The van der Waals surface area contributed by atoms with Gasteiger partial charge in [0, 0.05) is 50.8 Å². The van der Waals surface area contributed by atoms with Crippen molar-refractivity contribution in [2.75, 3.05) is 7.11 Å². The van der Waals surface area contributed by atoms with Gasteiger partial charge in [0.25, 0.3) is 0 Å². The third-order valence-electron chi connectivity index (χ3n) is 9.51. The molecule has 0 saturated heterocycles. The molecule has 6 rings (SSSR count). The van der Waals surface area contributed by atoms with E-state index in [-0.39, 0.29) is 17.6 Å². The number of nitrogens with one attached hydrogen (secondary N) is 2. The van der Waals surface area contributed by atoms with Crippen LogP contribution in [0.5, 0.6) is 0 Å². The lowest BCUT2D eigenvalue weighted by Crippen LogP contribution is -2.21. The molecule has 2 aliphatic heterocycles. The Balaban J connectivity index is 1.84. The van der Waals surface area contributed by atoms with Crippen LogP contribution in [0.4, 0.5) is 0 Å². The lowest BCUT2D eigenvalue weighted by molar-refractivity contribution is -0.141. The number of carbonyl (C=O) groups excluding carboxylic acids is 2. The molecular weight excluding hydrogens is 524 g/mol. The van der Waals surface area contributed by atoms with Crippen LogP contribution in [0.1, 0.15) is 120 Å². The molecule has 7 heteroatoms. The Labute approximate surface area is 246 Å². The van der Waals surface area contributed by atoms with Crippen molar-refractivity contribution in [2.45, 2.75) is 78.6 Å². The molecule has 3 aliphatic rings. The molecule has 0 aromatic carbocycles. The molecule has 3 atom stereocenters. The van der Waals surface area contributed by atoms with Gasteiger partial charge in [-0.05, 0) is 74.1 Å². The van der Waals surface area contributed by atoms with E-state index in [2.05, 4.69) is 63.3 Å². The zero-order chi connectivity index (χ0) is 30.0. The van der Waals surface area contributed by atoms with Crippen LogP contribution in [0.25, 0.3) is 39.3 Å². The van der Waals surface area contributed by atoms with Crippen molar-refractivity contribution in [2.24, 2.45) is 0 Å². The van der Waals surface area contributed by atoms with Crippen LogP contribution in [-0.4, -0.2) is 38.8 Å². The van der Waals surface area contributed by atoms with Gasteiger partial charge in [0.2, 0.25) is 0 Å². The first-order chi connectivity index (χ1) is 20.1. The minimum absolute atomic E-state index is 0.0577. The smallest absolute Gasteiger partial charge is 0.321 e. The highest BCUT2D eigenvalue weighted by molar-refractivity contribution is 6.23. The number of ether oxygens (including phenoxy) is 1. The summed E-state index contributed by atoms with van der Waals surface area (Å²) in [5, 5.41) is 0. The maximum atomic E-state index is 14.0. The van der Waals surface area contributed by atoms with E-state index in [1.807, 2.05) is 19.1 Å². The maximum Gasteiger partial charge on any atom is 0.321 e. The zero-order valence-corrected chi connectivity index (χ0v) is 25.5. The fourth-order valence-corrected chi connectivity index (χ4v) is 7.12. The van der Waals surface area contributed by atoms with E-state index in [4.69, 9.17) is 14.7 Å². The van der Waals surface area contributed by atoms with Crippen molar-refractivity contribution in [1.29, 1.82) is 0 Å². The van der Waals surface area contributed by atoms with Gasteiger partial charge in [-0.15, -0.1) is 0 Å². The summed E-state index contributed by atoms with van der Waals surface area (Å²) in [5.74, 6) is -1.67. The number of hydrogen-bond acceptors (Lipinski definition) is 5. The van der Waals surface area contributed by atoms with Crippen molar-refractivity contribution in [3.05, 3.63) is 75.4 Å². The number of esters is 1. The molecule has 7 nitrogen and oxygen atoms in total. The maximum absolute atomic E-state index is 14.0. The Morgan fingerprint density at radius 2 is 1.74 bits per heavy atom. The Morgan fingerprint density at radius 3 is 2.40 bits per heavy atom. The van der Waals surface area contributed by atoms with Crippen molar-refractivity contribution >= 4 is 51.0 Å². The number of allylic oxidation sites excluding steroid dienone is 2. The van der Waals surface area contributed by atoms with E-state index >= 15 is 0 Å². The summed E-state index contributed by atoms with van der Waals surface area (Å²) < 4.78 is 5.19. The van der Waals surface area contributed by atoms with Crippen LogP contribution in [0.2, 0.25) is 0 Å². The van der Waals surface area contributed by atoms with Crippen LogP contribution in [0, 0.1) is 13.8 Å². The second kappa shape index (κ2) is 10.2. The largest absolute Gasteiger partial charge is 0.468 e. The highest BCUT2D eigenvalue weighted by Crippen LogP contribution is 2.48. The van der Waals surface area contributed by atoms with Gasteiger partial charge < -0.3 is 14.7 Å². The number of rotatable bonds is 5. The number of aryl methyl sites for hydroxylation is 2. The summed E-state index contributed by atoms with van der Waals surface area (Å²) in [6, 6.07) is 6.26. The van der Waals surface area contributed by atoms with Crippen molar-refractivity contribution in [3.8, 4) is 0 Å². The highest BCUT2D eigenvalue weighted by Gasteiger charge is 2.45. The van der Waals surface area contributed by atoms with Crippen LogP contribution in [-0.2, 0) is 9.53 Å². The molecule has 42 heavy (non-hydrogen) atoms. The molecule has 0 amide bonds. The number of ketones is 1. The molecule has 3 aromatic heterocycles. The van der Waals surface area contributed by atoms with E-state index in [1.54, 1.807) is 0 Å². The highest BCUT2D eigenvalue weighted by atomic mass is 16.5. The normalized spacial score (nSPS) is 19.5. The third kappa shape index (κ3) is 3.93. The number of methoxy groups -OCH3 is 1. The van der Waals surface area contributed by atoms with E-state index in [0.717, 1.165) is 86.4 Å². The Bertz CT molecular complexity index is 1890. The molecular formula is C35H38N4O3. The van der Waals surface area contributed by atoms with Gasteiger partial charge in [-0.2, -0.15) is 0 Å². The number of H-pyrrole nitrogens is 2. The average Bonchev–Trinajstić information content (AvgIpc) is 3.70. The van der Waals surface area contributed by atoms with Crippen LogP contribution in [0.15, 0.2) is 24.8 Å². The molecule has 3 aromatic rings. The first-order valence-electron chi connectivity index (χ1n) is 14.9. The van der Waals surface area contributed by atoms with Crippen molar-refractivity contribution in [3.63, 3.8) is 0 Å². The summed E-state index contributed by atoms with van der Waals surface area (Å²) >= 11 is 0. The van der Waals surface area contributed by atoms with E-state index < -0.39 is 11.9 Å². The lowest BCUT2D eigenvalue weighted by Gasteiger charge is -2.18. The summed E-state index contributed by atoms with van der Waals surface area (Å²) in [6.45, 7) is 16.7. The second-order valence-electron chi connectivity index (χ2n) is 11.7. The first kappa shape index (κ1) is 27.9. The predicted octanol–water partition coefficient (Wildman–Crippen LogP) is 8.06. The molecule has 0 fully saturated rings. The number of aromatic amines is 2. The van der Waals surface area contributed by atoms with E-state index in [0.29, 0.717) is 16.6 Å². The first-order valence-corrected chi connectivity index (χ1v) is 14.9. The summed E-state index contributed by atoms with van der Waals surface area (Å²) in [4.78, 5) is 44.6. The van der Waals surface area contributed by atoms with Gasteiger partial charge in [0.05, 0.1) is 29.7 Å². The quantitative estimate of drug-likeness (QED) is 0.242. The van der Waals surface area contributed by atoms with Gasteiger partial charge >= 0.3 is 5.97 Å². The van der Waals surface area contributed by atoms with Gasteiger partial charge in [-0.3, -0.25) is 14.6 Å². The minimum Gasteiger partial charge on any atom is -0.468 e. The van der Waals surface area contributed by atoms with E-state index in [1.165, 1.54) is 7.11 Å². The number of Topliss-reactive ketones (excluding diaryl/α,β-unsaturated/α-hetero) is 1. The number of hydrogen-bond donors (Lipinski definition) is 2. The molecule has 1 aliphatic carbocycles. The molecule has 216 valence electrons. The number of nitrogens with zero attached hydrogens (tertiary/aromatic N) is 2. The fourth-order valence-electron chi connectivity index (χ4n) is 7.12. The zero-order valence-electron chi connectivity index (χ0n) is 25.5. The topological polar surface area (TPSA) is 101 Å². The Hall–Kier alpha value is -4.26. The Morgan fingerprint density at radius 1 is 1.02 bits per heavy atom. The minimum atomic E-state index is -1.04.